The molecule has 100 valence electrons. The van der Waals surface area contributed by atoms with Crippen LogP contribution in [-0.2, 0) is 0 Å². The summed E-state index contributed by atoms with van der Waals surface area (Å²) in [5.41, 5.74) is 2.04. The molecule has 1 aromatic rings. The number of hydrogen-bond donors (Lipinski definition) is 1. The Hall–Kier alpha value is -1.16. The van der Waals surface area contributed by atoms with Gasteiger partial charge in [0.05, 0.1) is 11.4 Å². The van der Waals surface area contributed by atoms with E-state index in [1.165, 1.54) is 12.8 Å². The second-order valence-electron chi connectivity index (χ2n) is 5.35. The summed E-state index contributed by atoms with van der Waals surface area (Å²) in [5.74, 6) is 1.77. The minimum Gasteiger partial charge on any atom is -0.355 e. The van der Waals surface area contributed by atoms with Crippen molar-refractivity contribution in [3.8, 4) is 0 Å². The van der Waals surface area contributed by atoms with Gasteiger partial charge in [0.15, 0.2) is 0 Å². The van der Waals surface area contributed by atoms with E-state index in [9.17, 15) is 0 Å². The van der Waals surface area contributed by atoms with E-state index in [1.807, 2.05) is 27.1 Å². The minimum absolute atomic E-state index is 0.561. The molecule has 1 N–H and O–H groups in total. The van der Waals surface area contributed by atoms with Crippen molar-refractivity contribution >= 4 is 5.82 Å². The summed E-state index contributed by atoms with van der Waals surface area (Å²) in [6, 6.07) is 0.561. The standard InChI is InChI=1S/C14H24N4/c1-10-8-16-12(3)14(17-10)18-7-5-6-13(9-18)11(2)15-4/h8,11,13,15H,5-7,9H2,1-4H3. The van der Waals surface area contributed by atoms with Crippen LogP contribution in [0.1, 0.15) is 31.2 Å². The smallest absolute Gasteiger partial charge is 0.150 e. The van der Waals surface area contributed by atoms with Crippen molar-refractivity contribution in [1.82, 2.24) is 15.3 Å². The molecule has 1 aliphatic rings. The zero-order valence-electron chi connectivity index (χ0n) is 11.9. The third kappa shape index (κ3) is 2.80. The molecular formula is C14H24N4. The number of rotatable bonds is 3. The summed E-state index contributed by atoms with van der Waals surface area (Å²) in [7, 11) is 2.04. The van der Waals surface area contributed by atoms with Crippen molar-refractivity contribution in [1.29, 1.82) is 0 Å². The lowest BCUT2D eigenvalue weighted by molar-refractivity contribution is 0.332. The minimum atomic E-state index is 0.561. The Balaban J connectivity index is 2.15. The number of anilines is 1. The highest BCUT2D eigenvalue weighted by atomic mass is 15.2. The van der Waals surface area contributed by atoms with Gasteiger partial charge in [-0.05, 0) is 46.6 Å². The van der Waals surface area contributed by atoms with Crippen LogP contribution in [0.15, 0.2) is 6.20 Å². The van der Waals surface area contributed by atoms with Crippen molar-refractivity contribution in [2.45, 2.75) is 39.7 Å². The molecule has 0 bridgehead atoms. The lowest BCUT2D eigenvalue weighted by Crippen LogP contribution is -2.44. The van der Waals surface area contributed by atoms with E-state index in [-0.39, 0.29) is 0 Å². The lowest BCUT2D eigenvalue weighted by Gasteiger charge is -2.36. The molecule has 1 aromatic heterocycles. The molecule has 0 aliphatic carbocycles. The van der Waals surface area contributed by atoms with E-state index < -0.39 is 0 Å². The molecule has 0 aromatic carbocycles. The van der Waals surface area contributed by atoms with Gasteiger partial charge in [-0.3, -0.25) is 4.98 Å². The fourth-order valence-electron chi connectivity index (χ4n) is 2.67. The Kier molecular flexibility index (Phi) is 4.17. The average Bonchev–Trinajstić information content (AvgIpc) is 2.40. The number of nitrogens with zero attached hydrogens (tertiary/aromatic N) is 3. The molecule has 0 radical (unpaired) electrons. The fraction of sp³-hybridized carbons (Fsp3) is 0.714. The number of nitrogens with one attached hydrogen (secondary N) is 1. The molecule has 2 rings (SSSR count). The van der Waals surface area contributed by atoms with E-state index in [4.69, 9.17) is 0 Å². The van der Waals surface area contributed by atoms with Crippen LogP contribution < -0.4 is 10.2 Å². The summed E-state index contributed by atoms with van der Waals surface area (Å²) in [6.07, 6.45) is 4.39. The quantitative estimate of drug-likeness (QED) is 0.887. The summed E-state index contributed by atoms with van der Waals surface area (Å²) in [5, 5.41) is 3.37. The predicted molar refractivity (Wildman–Crippen MR) is 75.0 cm³/mol. The average molecular weight is 248 g/mol. The van der Waals surface area contributed by atoms with Crippen molar-refractivity contribution in [3.63, 3.8) is 0 Å². The van der Waals surface area contributed by atoms with Crippen LogP contribution in [0.3, 0.4) is 0 Å². The molecule has 4 nitrogen and oxygen atoms in total. The number of piperidine rings is 1. The van der Waals surface area contributed by atoms with E-state index in [2.05, 4.69) is 27.1 Å². The predicted octanol–water partition coefficient (Wildman–Crippen LogP) is 1.92. The van der Waals surface area contributed by atoms with E-state index >= 15 is 0 Å². The molecular weight excluding hydrogens is 224 g/mol. The van der Waals surface area contributed by atoms with Gasteiger partial charge in [0.1, 0.15) is 5.82 Å². The van der Waals surface area contributed by atoms with Crippen LogP contribution in [0, 0.1) is 19.8 Å². The molecule has 2 unspecified atom stereocenters. The molecule has 1 aliphatic heterocycles. The third-order valence-electron chi connectivity index (χ3n) is 3.97. The molecule has 0 spiro atoms. The maximum Gasteiger partial charge on any atom is 0.150 e. The summed E-state index contributed by atoms with van der Waals surface area (Å²) >= 11 is 0. The summed E-state index contributed by atoms with van der Waals surface area (Å²) in [4.78, 5) is 11.5. The Morgan fingerprint density at radius 2 is 2.22 bits per heavy atom. The van der Waals surface area contributed by atoms with Crippen molar-refractivity contribution in [2.24, 2.45) is 5.92 Å². The van der Waals surface area contributed by atoms with Crippen LogP contribution >= 0.6 is 0 Å². The van der Waals surface area contributed by atoms with Crippen LogP contribution in [0.5, 0.6) is 0 Å². The van der Waals surface area contributed by atoms with Gasteiger partial charge < -0.3 is 10.2 Å². The third-order valence-corrected chi connectivity index (χ3v) is 3.97. The molecule has 2 atom stereocenters. The molecule has 4 heteroatoms. The first-order valence-electron chi connectivity index (χ1n) is 6.84. The van der Waals surface area contributed by atoms with Gasteiger partial charge in [0, 0.05) is 25.3 Å². The van der Waals surface area contributed by atoms with Gasteiger partial charge in [-0.15, -0.1) is 0 Å². The first-order valence-corrected chi connectivity index (χ1v) is 6.84. The maximum atomic E-state index is 4.66. The van der Waals surface area contributed by atoms with E-state index in [0.717, 1.165) is 30.3 Å². The lowest BCUT2D eigenvalue weighted by atomic mass is 9.91. The Bertz CT molecular complexity index is 405. The van der Waals surface area contributed by atoms with Crippen molar-refractivity contribution < 1.29 is 0 Å². The molecule has 18 heavy (non-hydrogen) atoms. The van der Waals surface area contributed by atoms with Gasteiger partial charge >= 0.3 is 0 Å². The van der Waals surface area contributed by atoms with E-state index in [1.54, 1.807) is 0 Å². The van der Waals surface area contributed by atoms with Crippen LogP contribution in [0.4, 0.5) is 5.82 Å². The highest BCUT2D eigenvalue weighted by molar-refractivity contribution is 5.43. The highest BCUT2D eigenvalue weighted by Gasteiger charge is 2.25. The first-order chi connectivity index (χ1) is 8.61. The Morgan fingerprint density at radius 1 is 1.44 bits per heavy atom. The van der Waals surface area contributed by atoms with Gasteiger partial charge in [-0.1, -0.05) is 0 Å². The normalized spacial score (nSPS) is 22.0. The molecule has 2 heterocycles. The molecule has 1 saturated heterocycles. The number of hydrogen-bond acceptors (Lipinski definition) is 4. The van der Waals surface area contributed by atoms with Gasteiger partial charge in [0.25, 0.3) is 0 Å². The molecule has 0 saturated carbocycles. The van der Waals surface area contributed by atoms with Crippen LogP contribution in [0.25, 0.3) is 0 Å². The number of aromatic nitrogens is 2. The Labute approximate surface area is 110 Å². The second kappa shape index (κ2) is 5.65. The topological polar surface area (TPSA) is 41.0 Å². The second-order valence-corrected chi connectivity index (χ2v) is 5.35. The Morgan fingerprint density at radius 3 is 2.94 bits per heavy atom. The van der Waals surface area contributed by atoms with Crippen LogP contribution in [0.2, 0.25) is 0 Å². The van der Waals surface area contributed by atoms with Gasteiger partial charge in [0.2, 0.25) is 0 Å². The van der Waals surface area contributed by atoms with Crippen molar-refractivity contribution in [3.05, 3.63) is 17.6 Å². The van der Waals surface area contributed by atoms with Gasteiger partial charge in [-0.2, -0.15) is 0 Å². The molecule has 0 amide bonds. The first kappa shape index (κ1) is 13.3. The van der Waals surface area contributed by atoms with E-state index in [0.29, 0.717) is 12.0 Å². The molecule has 1 fully saturated rings. The SMILES string of the molecule is CNC(C)C1CCCN(c2nc(C)cnc2C)C1. The monoisotopic (exact) mass is 248 g/mol. The fourth-order valence-corrected chi connectivity index (χ4v) is 2.67. The highest BCUT2D eigenvalue weighted by Crippen LogP contribution is 2.25. The van der Waals surface area contributed by atoms with Gasteiger partial charge in [-0.25, -0.2) is 4.98 Å². The largest absolute Gasteiger partial charge is 0.355 e. The maximum absolute atomic E-state index is 4.66. The van der Waals surface area contributed by atoms with Crippen molar-refractivity contribution in [2.75, 3.05) is 25.0 Å². The summed E-state index contributed by atoms with van der Waals surface area (Å²) in [6.45, 7) is 8.51. The zero-order valence-corrected chi connectivity index (χ0v) is 11.9. The number of aryl methyl sites for hydroxylation is 2. The van der Waals surface area contributed by atoms with Crippen LogP contribution in [-0.4, -0.2) is 36.1 Å². The zero-order chi connectivity index (χ0) is 13.1. The summed E-state index contributed by atoms with van der Waals surface area (Å²) < 4.78 is 0.